The Bertz CT molecular complexity index is 349. The predicted molar refractivity (Wildman–Crippen MR) is 68.7 cm³/mol. The number of nitriles is 1. The molecule has 18 heavy (non-hydrogen) atoms. The molecule has 0 atom stereocenters. The van der Waals surface area contributed by atoms with Crippen LogP contribution in [0, 0.1) is 17.9 Å². The van der Waals surface area contributed by atoms with Crippen molar-refractivity contribution in [1.29, 1.82) is 5.26 Å². The van der Waals surface area contributed by atoms with Gasteiger partial charge in [-0.05, 0) is 38.5 Å². The molecule has 0 N–H and O–H groups in total. The largest absolute Gasteiger partial charge is 0.340 e. The quantitative estimate of drug-likeness (QED) is 0.529. The fraction of sp³-hybridized carbons (Fsp3) is 0.857. The summed E-state index contributed by atoms with van der Waals surface area (Å²) in [5, 5.41) is 18.0. The van der Waals surface area contributed by atoms with Crippen LogP contribution in [0.2, 0.25) is 0 Å². The maximum Gasteiger partial charge on any atom is 0.340 e. The van der Waals surface area contributed by atoms with Crippen molar-refractivity contribution in [2.75, 3.05) is 0 Å². The molecule has 4 heteroatoms. The van der Waals surface area contributed by atoms with Gasteiger partial charge in [0, 0.05) is 12.8 Å². The zero-order valence-electron chi connectivity index (χ0n) is 10.9. The molecule has 2 fully saturated rings. The molecule has 2 aliphatic rings. The monoisotopic (exact) mass is 244 g/mol. The van der Waals surface area contributed by atoms with E-state index in [1.165, 1.54) is 12.8 Å². The molecule has 0 spiro atoms. The highest BCUT2D eigenvalue weighted by Gasteiger charge is 2.40. The van der Waals surface area contributed by atoms with Crippen molar-refractivity contribution in [2.45, 2.75) is 75.4 Å². The van der Waals surface area contributed by atoms with Gasteiger partial charge in [-0.25, -0.2) is 6.57 Å². The van der Waals surface area contributed by atoms with Crippen LogP contribution in [0.3, 0.4) is 0 Å². The summed E-state index contributed by atoms with van der Waals surface area (Å²) in [7, 11) is 0. The third-order valence-electron chi connectivity index (χ3n) is 4.18. The SMILES string of the molecule is [C-]#[N+]C1(N=NC2(C#N)CCCCC2)CCCCC1. The Morgan fingerprint density at radius 2 is 1.44 bits per heavy atom. The van der Waals surface area contributed by atoms with Crippen molar-refractivity contribution in [3.8, 4) is 6.07 Å². The molecule has 0 unspecified atom stereocenters. The normalized spacial score (nSPS) is 26.3. The van der Waals surface area contributed by atoms with Crippen LogP contribution in [0.4, 0.5) is 0 Å². The molecule has 0 heterocycles. The molecule has 96 valence electrons. The van der Waals surface area contributed by atoms with Crippen LogP contribution in [-0.4, -0.2) is 11.2 Å². The van der Waals surface area contributed by atoms with E-state index in [0.29, 0.717) is 0 Å². The lowest BCUT2D eigenvalue weighted by Gasteiger charge is -2.27. The summed E-state index contributed by atoms with van der Waals surface area (Å²) >= 11 is 0. The van der Waals surface area contributed by atoms with Crippen molar-refractivity contribution in [3.63, 3.8) is 0 Å². The number of hydrogen-bond acceptors (Lipinski definition) is 3. The van der Waals surface area contributed by atoms with Crippen molar-refractivity contribution >= 4 is 0 Å². The molecule has 2 rings (SSSR count). The Morgan fingerprint density at radius 1 is 0.889 bits per heavy atom. The maximum atomic E-state index is 9.35. The van der Waals surface area contributed by atoms with E-state index in [1.54, 1.807) is 0 Å². The minimum Gasteiger partial charge on any atom is -0.283 e. The predicted octanol–water partition coefficient (Wildman–Crippen LogP) is 4.24. The summed E-state index contributed by atoms with van der Waals surface area (Å²) in [6.07, 6.45) is 9.82. The Labute approximate surface area is 109 Å². The van der Waals surface area contributed by atoms with Crippen LogP contribution in [0.1, 0.15) is 64.2 Å². The minimum absolute atomic E-state index is 0.632. The van der Waals surface area contributed by atoms with Crippen LogP contribution >= 0.6 is 0 Å². The van der Waals surface area contributed by atoms with E-state index in [1.807, 2.05) is 0 Å². The molecule has 0 aromatic rings. The first-order valence-electron chi connectivity index (χ1n) is 6.98. The van der Waals surface area contributed by atoms with Gasteiger partial charge in [0.2, 0.25) is 0 Å². The fourth-order valence-corrected chi connectivity index (χ4v) is 2.91. The molecule has 4 nitrogen and oxygen atoms in total. The lowest BCUT2D eigenvalue weighted by molar-refractivity contribution is 0.304. The Morgan fingerprint density at radius 3 is 1.94 bits per heavy atom. The van der Waals surface area contributed by atoms with E-state index in [9.17, 15) is 5.26 Å². The lowest BCUT2D eigenvalue weighted by Crippen LogP contribution is -2.30. The summed E-state index contributed by atoms with van der Waals surface area (Å²) in [5.41, 5.74) is -1.28. The van der Waals surface area contributed by atoms with Crippen molar-refractivity contribution in [1.82, 2.24) is 0 Å². The number of azo groups is 1. The third-order valence-corrected chi connectivity index (χ3v) is 4.18. The van der Waals surface area contributed by atoms with Gasteiger partial charge in [-0.1, -0.05) is 12.8 Å². The Kier molecular flexibility index (Phi) is 3.97. The molecule has 0 radical (unpaired) electrons. The topological polar surface area (TPSA) is 52.9 Å². The van der Waals surface area contributed by atoms with Crippen molar-refractivity contribution in [3.05, 3.63) is 11.4 Å². The maximum absolute atomic E-state index is 9.35. The van der Waals surface area contributed by atoms with Gasteiger partial charge >= 0.3 is 5.66 Å². The second kappa shape index (κ2) is 5.48. The van der Waals surface area contributed by atoms with Gasteiger partial charge < -0.3 is 0 Å². The highest BCUT2D eigenvalue weighted by Crippen LogP contribution is 2.37. The molecule has 0 aromatic heterocycles. The van der Waals surface area contributed by atoms with E-state index in [4.69, 9.17) is 6.57 Å². The zero-order valence-corrected chi connectivity index (χ0v) is 10.9. The number of hydrogen-bond donors (Lipinski definition) is 0. The van der Waals surface area contributed by atoms with Gasteiger partial charge in [-0.15, -0.1) is 5.11 Å². The van der Waals surface area contributed by atoms with E-state index in [0.717, 1.165) is 51.4 Å². The molecule has 0 aliphatic heterocycles. The van der Waals surface area contributed by atoms with Crippen LogP contribution in [0.5, 0.6) is 0 Å². The fourth-order valence-electron chi connectivity index (χ4n) is 2.91. The smallest absolute Gasteiger partial charge is 0.283 e. The van der Waals surface area contributed by atoms with Crippen LogP contribution in [0.15, 0.2) is 10.2 Å². The van der Waals surface area contributed by atoms with Gasteiger partial charge in [0.25, 0.3) is 0 Å². The molecule has 0 saturated heterocycles. The zero-order chi connectivity index (χ0) is 12.9. The highest BCUT2D eigenvalue weighted by molar-refractivity contribution is 5.09. The number of nitrogens with zero attached hydrogens (tertiary/aromatic N) is 4. The first-order chi connectivity index (χ1) is 8.74. The summed E-state index contributed by atoms with van der Waals surface area (Å²) in [5.74, 6) is 0. The first kappa shape index (κ1) is 13.0. The van der Waals surface area contributed by atoms with Crippen LogP contribution in [0.25, 0.3) is 4.85 Å². The molecule has 2 saturated carbocycles. The van der Waals surface area contributed by atoms with Gasteiger partial charge in [-0.3, -0.25) is 4.85 Å². The minimum atomic E-state index is -0.653. The van der Waals surface area contributed by atoms with Crippen molar-refractivity contribution in [2.24, 2.45) is 10.2 Å². The molecular formula is C14H20N4. The molecular weight excluding hydrogens is 224 g/mol. The van der Waals surface area contributed by atoms with E-state index < -0.39 is 11.2 Å². The van der Waals surface area contributed by atoms with Crippen molar-refractivity contribution < 1.29 is 0 Å². The van der Waals surface area contributed by atoms with E-state index in [-0.39, 0.29) is 0 Å². The summed E-state index contributed by atoms with van der Waals surface area (Å²) in [6.45, 7) is 7.37. The number of rotatable bonds is 2. The lowest BCUT2D eigenvalue weighted by atomic mass is 9.84. The Balaban J connectivity index is 2.12. The second-order valence-corrected chi connectivity index (χ2v) is 5.56. The molecule has 0 bridgehead atoms. The second-order valence-electron chi connectivity index (χ2n) is 5.56. The third kappa shape index (κ3) is 2.70. The van der Waals surface area contributed by atoms with E-state index >= 15 is 0 Å². The summed E-state index contributed by atoms with van der Waals surface area (Å²) < 4.78 is 0. The standard InChI is InChI=1S/C14H20N4/c1-16-14(10-6-3-7-11-14)18-17-13(12-15)8-4-2-5-9-13/h2-11H2. The van der Waals surface area contributed by atoms with Gasteiger partial charge in [0.05, 0.1) is 6.07 Å². The highest BCUT2D eigenvalue weighted by atomic mass is 15.3. The van der Waals surface area contributed by atoms with E-state index in [2.05, 4.69) is 21.1 Å². The van der Waals surface area contributed by atoms with Gasteiger partial charge in [0.1, 0.15) is 0 Å². The molecule has 2 aliphatic carbocycles. The van der Waals surface area contributed by atoms with Crippen LogP contribution < -0.4 is 0 Å². The summed E-state index contributed by atoms with van der Waals surface area (Å²) in [4.78, 5) is 3.71. The molecule has 0 amide bonds. The molecule has 0 aromatic carbocycles. The first-order valence-corrected chi connectivity index (χ1v) is 6.98. The van der Waals surface area contributed by atoms with Gasteiger partial charge in [0.15, 0.2) is 5.54 Å². The average Bonchev–Trinajstić information content (AvgIpc) is 2.47. The Hall–Kier alpha value is -1.42. The van der Waals surface area contributed by atoms with Gasteiger partial charge in [-0.2, -0.15) is 10.4 Å². The average molecular weight is 244 g/mol. The van der Waals surface area contributed by atoms with Crippen LogP contribution in [-0.2, 0) is 0 Å². The summed E-state index contributed by atoms with van der Waals surface area (Å²) in [6, 6.07) is 2.34.